The Bertz CT molecular complexity index is 517. The molecule has 1 N–H and O–H groups in total. The van der Waals surface area contributed by atoms with Crippen LogP contribution in [0.1, 0.15) is 13.8 Å². The summed E-state index contributed by atoms with van der Waals surface area (Å²) in [6, 6.07) is 1.75. The van der Waals surface area contributed by atoms with Gasteiger partial charge in [-0.2, -0.15) is 5.26 Å². The molecule has 1 aliphatic heterocycles. The molecule has 1 saturated heterocycles. The third-order valence-electron chi connectivity index (χ3n) is 2.78. The molecule has 1 fully saturated rings. The first-order valence-electron chi connectivity index (χ1n) is 6.70. The van der Waals surface area contributed by atoms with Gasteiger partial charge in [0.05, 0.1) is 13.2 Å². The van der Waals surface area contributed by atoms with Gasteiger partial charge in [0.1, 0.15) is 23.0 Å². The third-order valence-corrected chi connectivity index (χ3v) is 2.78. The second kappa shape index (κ2) is 7.94. The Morgan fingerprint density at radius 3 is 2.43 bits per heavy atom. The first-order chi connectivity index (χ1) is 10.0. The molecule has 7 nitrogen and oxygen atoms in total. The van der Waals surface area contributed by atoms with E-state index in [9.17, 15) is 9.59 Å². The highest BCUT2D eigenvalue weighted by Crippen LogP contribution is 2.16. The minimum absolute atomic E-state index is 0.140. The van der Waals surface area contributed by atoms with E-state index in [4.69, 9.17) is 14.7 Å². The van der Waals surface area contributed by atoms with Gasteiger partial charge in [-0.25, -0.2) is 9.59 Å². The summed E-state index contributed by atoms with van der Waals surface area (Å²) >= 11 is 0. The highest BCUT2D eigenvalue weighted by atomic mass is 16.5. The fraction of sp³-hybridized carbons (Fsp3) is 0.500. The van der Waals surface area contributed by atoms with E-state index in [1.54, 1.807) is 27.0 Å². The van der Waals surface area contributed by atoms with Crippen molar-refractivity contribution >= 4 is 11.9 Å². The molecule has 21 heavy (non-hydrogen) atoms. The van der Waals surface area contributed by atoms with Crippen LogP contribution in [0, 0.1) is 11.3 Å². The van der Waals surface area contributed by atoms with Crippen LogP contribution < -0.4 is 5.32 Å². The number of esters is 2. The second-order valence-electron chi connectivity index (χ2n) is 4.22. The largest absolute Gasteiger partial charge is 0.462 e. The van der Waals surface area contributed by atoms with Crippen LogP contribution in [0.5, 0.6) is 0 Å². The number of carbonyl (C=O) groups excluding carboxylic acids is 2. The van der Waals surface area contributed by atoms with Gasteiger partial charge in [-0.3, -0.25) is 0 Å². The Hall–Kier alpha value is -2.49. The summed E-state index contributed by atoms with van der Waals surface area (Å²) in [6.45, 7) is 5.07. The van der Waals surface area contributed by atoms with Crippen molar-refractivity contribution in [2.75, 3.05) is 33.4 Å². The lowest BCUT2D eigenvalue weighted by Gasteiger charge is -2.15. The van der Waals surface area contributed by atoms with Crippen LogP contribution >= 0.6 is 0 Å². The molecule has 1 aliphatic rings. The van der Waals surface area contributed by atoms with Gasteiger partial charge in [-0.15, -0.1) is 0 Å². The van der Waals surface area contributed by atoms with Crippen LogP contribution in [-0.4, -0.2) is 50.2 Å². The number of likely N-dealkylation sites (N-methyl/N-ethyl adjacent to an activating group) is 1. The monoisotopic (exact) mass is 293 g/mol. The molecule has 0 aromatic rings. The van der Waals surface area contributed by atoms with Gasteiger partial charge < -0.3 is 19.7 Å². The Kier molecular flexibility index (Phi) is 6.27. The number of carbonyl (C=O) groups is 2. The molecule has 0 unspecified atom stereocenters. The van der Waals surface area contributed by atoms with Crippen molar-refractivity contribution in [3.63, 3.8) is 0 Å². The van der Waals surface area contributed by atoms with Crippen molar-refractivity contribution in [2.24, 2.45) is 0 Å². The SMILES string of the molecule is CCOC(=O)C(/C=C(\C#N)C(=O)OCC)=C1/NCCN1C. The number of ether oxygens (including phenoxy) is 2. The lowest BCUT2D eigenvalue weighted by atomic mass is 10.1. The van der Waals surface area contributed by atoms with Crippen LogP contribution in [0.3, 0.4) is 0 Å². The normalized spacial score (nSPS) is 16.9. The minimum Gasteiger partial charge on any atom is -0.462 e. The fourth-order valence-corrected chi connectivity index (χ4v) is 1.81. The number of nitrogens with zero attached hydrogens (tertiary/aromatic N) is 2. The zero-order valence-electron chi connectivity index (χ0n) is 12.4. The summed E-state index contributed by atoms with van der Waals surface area (Å²) in [5.74, 6) is -0.820. The average molecular weight is 293 g/mol. The van der Waals surface area contributed by atoms with Gasteiger partial charge in [0.15, 0.2) is 0 Å². The van der Waals surface area contributed by atoms with Crippen LogP contribution in [-0.2, 0) is 19.1 Å². The van der Waals surface area contributed by atoms with Crippen molar-refractivity contribution in [2.45, 2.75) is 13.8 Å². The average Bonchev–Trinajstić information content (AvgIpc) is 2.86. The highest BCUT2D eigenvalue weighted by molar-refractivity contribution is 5.99. The lowest BCUT2D eigenvalue weighted by Crippen LogP contribution is -2.22. The van der Waals surface area contributed by atoms with E-state index in [0.717, 1.165) is 0 Å². The van der Waals surface area contributed by atoms with Gasteiger partial charge in [-0.1, -0.05) is 0 Å². The van der Waals surface area contributed by atoms with Crippen LogP contribution in [0.4, 0.5) is 0 Å². The van der Waals surface area contributed by atoms with Crippen molar-refractivity contribution in [1.29, 1.82) is 5.26 Å². The van der Waals surface area contributed by atoms with Gasteiger partial charge >= 0.3 is 11.9 Å². The predicted molar refractivity (Wildman–Crippen MR) is 74.6 cm³/mol. The molecule has 0 atom stereocenters. The van der Waals surface area contributed by atoms with E-state index in [2.05, 4.69) is 5.32 Å². The number of nitriles is 1. The van der Waals surface area contributed by atoms with Crippen molar-refractivity contribution < 1.29 is 19.1 Å². The zero-order chi connectivity index (χ0) is 15.8. The molecule has 1 heterocycles. The standard InChI is InChI=1S/C14H19N3O4/c1-4-20-13(18)10(9-15)8-11(14(19)21-5-2)12-16-6-7-17(12)3/h8,16H,4-7H2,1-3H3/b10-8+,12-11-. The third kappa shape index (κ3) is 4.24. The molecule has 0 aromatic heterocycles. The number of nitrogens with one attached hydrogen (secondary N) is 1. The Morgan fingerprint density at radius 1 is 1.33 bits per heavy atom. The van der Waals surface area contributed by atoms with Gasteiger partial charge in [0.2, 0.25) is 0 Å². The molecule has 114 valence electrons. The second-order valence-corrected chi connectivity index (χ2v) is 4.22. The summed E-state index contributed by atoms with van der Waals surface area (Å²) in [5, 5.41) is 12.1. The summed E-state index contributed by atoms with van der Waals surface area (Å²) in [4.78, 5) is 25.5. The van der Waals surface area contributed by atoms with Crippen LogP contribution in [0.15, 0.2) is 23.0 Å². The van der Waals surface area contributed by atoms with E-state index in [1.807, 2.05) is 4.90 Å². The first-order valence-corrected chi connectivity index (χ1v) is 6.70. The Labute approximate surface area is 123 Å². The maximum Gasteiger partial charge on any atom is 0.348 e. The van der Waals surface area contributed by atoms with Crippen molar-refractivity contribution in [3.8, 4) is 6.07 Å². The van der Waals surface area contributed by atoms with E-state index < -0.39 is 11.9 Å². The van der Waals surface area contributed by atoms with Gasteiger partial charge in [-0.05, 0) is 19.9 Å². The molecule has 0 bridgehead atoms. The minimum atomic E-state index is -0.761. The summed E-state index contributed by atoms with van der Waals surface area (Å²) in [7, 11) is 1.80. The molecular formula is C14H19N3O4. The fourth-order valence-electron chi connectivity index (χ4n) is 1.81. The molecule has 0 radical (unpaired) electrons. The molecule has 0 saturated carbocycles. The lowest BCUT2D eigenvalue weighted by molar-refractivity contribution is -0.138. The Morgan fingerprint density at radius 2 is 1.95 bits per heavy atom. The molecular weight excluding hydrogens is 274 g/mol. The van der Waals surface area contributed by atoms with E-state index in [-0.39, 0.29) is 24.4 Å². The quantitative estimate of drug-likeness (QED) is 0.443. The molecule has 0 amide bonds. The zero-order valence-corrected chi connectivity index (χ0v) is 12.4. The van der Waals surface area contributed by atoms with Gasteiger partial charge in [0, 0.05) is 20.1 Å². The van der Waals surface area contributed by atoms with E-state index in [0.29, 0.717) is 18.9 Å². The predicted octanol–water partition coefficient (Wildman–Crippen LogP) is 0.309. The van der Waals surface area contributed by atoms with E-state index in [1.165, 1.54) is 6.08 Å². The molecule has 7 heteroatoms. The number of hydrogen-bond donors (Lipinski definition) is 1. The number of rotatable bonds is 5. The molecule has 0 aromatic carbocycles. The van der Waals surface area contributed by atoms with E-state index >= 15 is 0 Å². The van der Waals surface area contributed by atoms with Crippen molar-refractivity contribution in [1.82, 2.24) is 10.2 Å². The van der Waals surface area contributed by atoms with Crippen molar-refractivity contribution in [3.05, 3.63) is 23.0 Å². The summed E-state index contributed by atoms with van der Waals surface area (Å²) < 4.78 is 9.77. The maximum absolute atomic E-state index is 12.1. The Balaban J connectivity index is 3.22. The molecule has 1 rings (SSSR count). The summed E-state index contributed by atoms with van der Waals surface area (Å²) in [6.07, 6.45) is 1.21. The smallest absolute Gasteiger partial charge is 0.348 e. The first kappa shape index (κ1) is 16.6. The topological polar surface area (TPSA) is 91.7 Å². The maximum atomic E-state index is 12.1. The highest BCUT2D eigenvalue weighted by Gasteiger charge is 2.23. The number of hydrogen-bond acceptors (Lipinski definition) is 7. The molecule has 0 aliphatic carbocycles. The van der Waals surface area contributed by atoms with Gasteiger partial charge in [0.25, 0.3) is 0 Å². The summed E-state index contributed by atoms with van der Waals surface area (Å²) in [5.41, 5.74) is -0.101. The molecule has 0 spiro atoms. The van der Waals surface area contributed by atoms with Crippen LogP contribution in [0.2, 0.25) is 0 Å². The van der Waals surface area contributed by atoms with Crippen LogP contribution in [0.25, 0.3) is 0 Å².